The Kier molecular flexibility index (Phi) is 4.10. The Balaban J connectivity index is 1.57. The third-order valence-corrected chi connectivity index (χ3v) is 4.78. The topological polar surface area (TPSA) is 45.5 Å². The number of piperidine rings is 1. The van der Waals surface area contributed by atoms with Crippen LogP contribution >= 0.6 is 0 Å². The fraction of sp³-hybridized carbons (Fsp3) is 0.625. The van der Waals surface area contributed by atoms with Gasteiger partial charge in [0.05, 0.1) is 0 Å². The molecule has 0 aliphatic carbocycles. The van der Waals surface area contributed by atoms with Crippen LogP contribution in [0.2, 0.25) is 0 Å². The first-order chi connectivity index (χ1) is 10.1. The summed E-state index contributed by atoms with van der Waals surface area (Å²) in [5.74, 6) is 0.332. The highest BCUT2D eigenvalue weighted by molar-refractivity contribution is 5.78. The molecule has 2 aliphatic heterocycles. The van der Waals surface area contributed by atoms with E-state index in [4.69, 9.17) is 0 Å². The predicted molar refractivity (Wildman–Crippen MR) is 80.9 cm³/mol. The van der Waals surface area contributed by atoms with Crippen molar-refractivity contribution in [3.05, 3.63) is 34.2 Å². The van der Waals surface area contributed by atoms with E-state index < -0.39 is 0 Å². The average molecular weight is 289 g/mol. The van der Waals surface area contributed by atoms with Crippen LogP contribution in [-0.2, 0) is 18.4 Å². The van der Waals surface area contributed by atoms with Crippen LogP contribution in [-0.4, -0.2) is 46.0 Å². The molecule has 0 aromatic carbocycles. The van der Waals surface area contributed by atoms with Crippen LogP contribution in [0.15, 0.2) is 23.0 Å². The lowest BCUT2D eigenvalue weighted by atomic mass is 10.0. The number of carbonyl (C=O) groups is 1. The lowest BCUT2D eigenvalue weighted by Crippen LogP contribution is -2.45. The van der Waals surface area contributed by atoms with Crippen molar-refractivity contribution in [1.29, 1.82) is 0 Å². The average Bonchev–Trinajstić information content (AvgIpc) is 2.91. The minimum Gasteiger partial charge on any atom is -0.340 e. The normalized spacial score (nSPS) is 21.2. The standard InChI is InChI=1S/C16H23N3O2/c1-17-14(4-2-5-15(17)20)12-18-10-7-13(8-11-18)19-9-3-6-16(19)21/h2,4-5,13H,3,6-12H2,1H3. The van der Waals surface area contributed by atoms with Gasteiger partial charge < -0.3 is 9.47 Å². The van der Waals surface area contributed by atoms with Crippen LogP contribution < -0.4 is 5.56 Å². The fourth-order valence-electron chi connectivity index (χ4n) is 3.44. The Morgan fingerprint density at radius 2 is 1.90 bits per heavy atom. The van der Waals surface area contributed by atoms with Crippen molar-refractivity contribution in [2.75, 3.05) is 19.6 Å². The minimum absolute atomic E-state index is 0.0463. The lowest BCUT2D eigenvalue weighted by molar-refractivity contribution is -0.130. The molecule has 0 bridgehead atoms. The molecule has 2 saturated heterocycles. The summed E-state index contributed by atoms with van der Waals surface area (Å²) in [6.45, 7) is 3.75. The van der Waals surface area contributed by atoms with E-state index in [1.54, 1.807) is 10.6 Å². The summed E-state index contributed by atoms with van der Waals surface area (Å²) in [6, 6.07) is 5.86. The highest BCUT2D eigenvalue weighted by atomic mass is 16.2. The second-order valence-corrected chi connectivity index (χ2v) is 6.11. The van der Waals surface area contributed by atoms with Crippen molar-refractivity contribution in [1.82, 2.24) is 14.4 Å². The third kappa shape index (κ3) is 3.02. The SMILES string of the molecule is Cn1c(CN2CCC(N3CCCC3=O)CC2)cccc1=O. The number of nitrogens with zero attached hydrogens (tertiary/aromatic N) is 3. The van der Waals surface area contributed by atoms with Crippen LogP contribution in [0.3, 0.4) is 0 Å². The molecule has 1 aromatic rings. The van der Waals surface area contributed by atoms with Crippen molar-refractivity contribution in [3.8, 4) is 0 Å². The molecule has 0 radical (unpaired) electrons. The smallest absolute Gasteiger partial charge is 0.250 e. The van der Waals surface area contributed by atoms with Crippen LogP contribution in [0.5, 0.6) is 0 Å². The number of pyridine rings is 1. The van der Waals surface area contributed by atoms with E-state index in [2.05, 4.69) is 9.80 Å². The molecule has 1 amide bonds. The molecule has 0 atom stereocenters. The predicted octanol–water partition coefficient (Wildman–Crippen LogP) is 0.972. The molecule has 2 aliphatic rings. The summed E-state index contributed by atoms with van der Waals surface area (Å²) < 4.78 is 1.72. The molecule has 5 heteroatoms. The van der Waals surface area contributed by atoms with Gasteiger partial charge >= 0.3 is 0 Å². The maximum atomic E-state index is 11.8. The molecule has 21 heavy (non-hydrogen) atoms. The summed E-state index contributed by atoms with van der Waals surface area (Å²) in [6.07, 6.45) is 3.84. The maximum absolute atomic E-state index is 11.8. The second kappa shape index (κ2) is 6.02. The Bertz CT molecular complexity index is 573. The third-order valence-electron chi connectivity index (χ3n) is 4.78. The highest BCUT2D eigenvalue weighted by Gasteiger charge is 2.30. The Hall–Kier alpha value is -1.62. The Labute approximate surface area is 125 Å². The monoisotopic (exact) mass is 289 g/mol. The van der Waals surface area contributed by atoms with Gasteiger partial charge in [0.25, 0.3) is 0 Å². The number of carbonyl (C=O) groups excluding carboxylic acids is 1. The summed E-state index contributed by atoms with van der Waals surface area (Å²) in [4.78, 5) is 27.9. The zero-order valence-electron chi connectivity index (χ0n) is 12.6. The summed E-state index contributed by atoms with van der Waals surface area (Å²) >= 11 is 0. The molecule has 2 fully saturated rings. The van der Waals surface area contributed by atoms with Gasteiger partial charge in [0, 0.05) is 57.4 Å². The van der Waals surface area contributed by atoms with Crippen molar-refractivity contribution in [3.63, 3.8) is 0 Å². The Morgan fingerprint density at radius 3 is 2.57 bits per heavy atom. The van der Waals surface area contributed by atoms with E-state index in [0.717, 1.165) is 57.6 Å². The van der Waals surface area contributed by atoms with Crippen molar-refractivity contribution < 1.29 is 4.79 Å². The van der Waals surface area contributed by atoms with E-state index in [1.807, 2.05) is 19.2 Å². The van der Waals surface area contributed by atoms with E-state index >= 15 is 0 Å². The van der Waals surface area contributed by atoms with Crippen LogP contribution in [0.25, 0.3) is 0 Å². The first-order valence-electron chi connectivity index (χ1n) is 7.82. The zero-order valence-corrected chi connectivity index (χ0v) is 12.6. The number of aromatic nitrogens is 1. The first kappa shape index (κ1) is 14.3. The number of hydrogen-bond donors (Lipinski definition) is 0. The molecule has 0 spiro atoms. The molecule has 0 unspecified atom stereocenters. The lowest BCUT2D eigenvalue weighted by Gasteiger charge is -2.36. The van der Waals surface area contributed by atoms with Gasteiger partial charge in [0.2, 0.25) is 11.5 Å². The number of rotatable bonds is 3. The van der Waals surface area contributed by atoms with Gasteiger partial charge in [-0.3, -0.25) is 14.5 Å². The molecule has 1 aromatic heterocycles. The Morgan fingerprint density at radius 1 is 1.14 bits per heavy atom. The van der Waals surface area contributed by atoms with E-state index in [1.165, 1.54) is 0 Å². The van der Waals surface area contributed by atoms with Crippen molar-refractivity contribution in [2.45, 2.75) is 38.3 Å². The molecule has 5 nitrogen and oxygen atoms in total. The summed E-state index contributed by atoms with van der Waals surface area (Å²) in [5.41, 5.74) is 1.10. The molecule has 3 rings (SSSR count). The largest absolute Gasteiger partial charge is 0.340 e. The molecular weight excluding hydrogens is 266 g/mol. The van der Waals surface area contributed by atoms with Gasteiger partial charge in [-0.1, -0.05) is 6.07 Å². The zero-order chi connectivity index (χ0) is 14.8. The van der Waals surface area contributed by atoms with Crippen molar-refractivity contribution >= 4 is 5.91 Å². The van der Waals surface area contributed by atoms with Crippen LogP contribution in [0, 0.1) is 0 Å². The molecule has 114 valence electrons. The van der Waals surface area contributed by atoms with Gasteiger partial charge in [-0.2, -0.15) is 0 Å². The molecule has 0 saturated carbocycles. The summed E-state index contributed by atoms with van der Waals surface area (Å²) in [7, 11) is 1.83. The molecule has 0 N–H and O–H groups in total. The van der Waals surface area contributed by atoms with Gasteiger partial charge in [0.1, 0.15) is 0 Å². The van der Waals surface area contributed by atoms with Gasteiger partial charge in [0.15, 0.2) is 0 Å². The quantitative estimate of drug-likeness (QED) is 0.833. The first-order valence-corrected chi connectivity index (χ1v) is 7.82. The highest BCUT2D eigenvalue weighted by Crippen LogP contribution is 2.22. The number of hydrogen-bond acceptors (Lipinski definition) is 3. The van der Waals surface area contributed by atoms with Gasteiger partial charge in [-0.15, -0.1) is 0 Å². The van der Waals surface area contributed by atoms with E-state index in [0.29, 0.717) is 11.9 Å². The number of likely N-dealkylation sites (tertiary alicyclic amines) is 2. The fourth-order valence-corrected chi connectivity index (χ4v) is 3.44. The van der Waals surface area contributed by atoms with Crippen LogP contribution in [0.4, 0.5) is 0 Å². The van der Waals surface area contributed by atoms with E-state index in [-0.39, 0.29) is 5.56 Å². The van der Waals surface area contributed by atoms with E-state index in [9.17, 15) is 9.59 Å². The maximum Gasteiger partial charge on any atom is 0.250 e. The van der Waals surface area contributed by atoms with Crippen molar-refractivity contribution in [2.24, 2.45) is 7.05 Å². The van der Waals surface area contributed by atoms with Crippen LogP contribution in [0.1, 0.15) is 31.4 Å². The molecule has 3 heterocycles. The second-order valence-electron chi connectivity index (χ2n) is 6.11. The molecular formula is C16H23N3O2. The van der Waals surface area contributed by atoms with Gasteiger partial charge in [-0.05, 0) is 25.3 Å². The minimum atomic E-state index is 0.0463. The summed E-state index contributed by atoms with van der Waals surface area (Å²) in [5, 5.41) is 0. The number of amides is 1. The van der Waals surface area contributed by atoms with Gasteiger partial charge in [-0.25, -0.2) is 0 Å².